The predicted molar refractivity (Wildman–Crippen MR) is 107 cm³/mol. The van der Waals surface area contributed by atoms with Gasteiger partial charge in [0.15, 0.2) is 15.0 Å². The SMILES string of the molecule is COc1ccc(CSC2=N[C@H]3CS(=O)(=O)C[C@@H]3N2c2ccc(F)cc2F)cc1. The number of thioether (sulfide) groups is 1. The molecule has 2 aromatic rings. The maximum absolute atomic E-state index is 14.5. The first kappa shape index (κ1) is 19.2. The quantitative estimate of drug-likeness (QED) is 0.754. The van der Waals surface area contributed by atoms with Gasteiger partial charge in [0.1, 0.15) is 17.4 Å². The van der Waals surface area contributed by atoms with E-state index >= 15 is 0 Å². The first-order chi connectivity index (χ1) is 13.4. The van der Waals surface area contributed by atoms with Crippen LogP contribution in [0.2, 0.25) is 0 Å². The summed E-state index contributed by atoms with van der Waals surface area (Å²) < 4.78 is 57.0. The number of sulfone groups is 1. The number of amidine groups is 1. The molecule has 0 bridgehead atoms. The first-order valence-corrected chi connectivity index (χ1v) is 11.5. The van der Waals surface area contributed by atoms with Crippen molar-refractivity contribution in [1.82, 2.24) is 0 Å². The topological polar surface area (TPSA) is 59.0 Å². The van der Waals surface area contributed by atoms with Crippen LogP contribution < -0.4 is 9.64 Å². The van der Waals surface area contributed by atoms with Crippen molar-refractivity contribution in [3.8, 4) is 5.75 Å². The molecule has 2 atom stereocenters. The highest BCUT2D eigenvalue weighted by molar-refractivity contribution is 8.13. The molecule has 28 heavy (non-hydrogen) atoms. The summed E-state index contributed by atoms with van der Waals surface area (Å²) in [4.78, 5) is 6.17. The normalized spacial score (nSPS) is 22.8. The Kier molecular flexibility index (Phi) is 5.05. The number of hydrogen-bond donors (Lipinski definition) is 0. The van der Waals surface area contributed by atoms with E-state index in [1.807, 2.05) is 24.3 Å². The van der Waals surface area contributed by atoms with Crippen molar-refractivity contribution in [2.45, 2.75) is 17.8 Å². The van der Waals surface area contributed by atoms with Gasteiger partial charge in [-0.1, -0.05) is 23.9 Å². The van der Waals surface area contributed by atoms with E-state index in [0.29, 0.717) is 10.9 Å². The van der Waals surface area contributed by atoms with Gasteiger partial charge in [-0.3, -0.25) is 4.99 Å². The van der Waals surface area contributed by atoms with E-state index < -0.39 is 33.6 Å². The van der Waals surface area contributed by atoms with E-state index in [1.165, 1.54) is 23.9 Å². The minimum atomic E-state index is -3.23. The maximum Gasteiger partial charge on any atom is 0.164 e. The molecule has 0 spiro atoms. The number of methoxy groups -OCH3 is 1. The zero-order valence-corrected chi connectivity index (χ0v) is 16.6. The summed E-state index contributed by atoms with van der Waals surface area (Å²) in [5.74, 6) is -0.229. The Hall–Kier alpha value is -2.13. The Balaban J connectivity index is 1.61. The smallest absolute Gasteiger partial charge is 0.164 e. The summed E-state index contributed by atoms with van der Waals surface area (Å²) in [5, 5.41) is 0.547. The zero-order chi connectivity index (χ0) is 19.9. The van der Waals surface area contributed by atoms with Crippen LogP contribution in [0.25, 0.3) is 0 Å². The second-order valence-electron chi connectivity index (χ2n) is 6.73. The van der Waals surface area contributed by atoms with Crippen molar-refractivity contribution >= 4 is 32.5 Å². The average molecular weight is 424 g/mol. The third kappa shape index (κ3) is 3.73. The van der Waals surface area contributed by atoms with Crippen LogP contribution in [-0.2, 0) is 15.6 Å². The number of benzene rings is 2. The van der Waals surface area contributed by atoms with Gasteiger partial charge < -0.3 is 9.64 Å². The van der Waals surface area contributed by atoms with Gasteiger partial charge in [-0.05, 0) is 29.8 Å². The zero-order valence-electron chi connectivity index (χ0n) is 15.0. The molecule has 1 saturated heterocycles. The van der Waals surface area contributed by atoms with Gasteiger partial charge in [-0.25, -0.2) is 17.2 Å². The molecule has 1 fully saturated rings. The summed E-state index contributed by atoms with van der Waals surface area (Å²) in [5.41, 5.74) is 1.17. The Morgan fingerprint density at radius 1 is 1.18 bits per heavy atom. The summed E-state index contributed by atoms with van der Waals surface area (Å²) in [6.45, 7) is 0. The Labute approximate surface area is 166 Å². The fourth-order valence-electron chi connectivity index (χ4n) is 3.46. The minimum absolute atomic E-state index is 0.0520. The van der Waals surface area contributed by atoms with Crippen LogP contribution in [0, 0.1) is 11.6 Å². The van der Waals surface area contributed by atoms with E-state index in [0.717, 1.165) is 17.4 Å². The highest BCUT2D eigenvalue weighted by atomic mass is 32.2. The minimum Gasteiger partial charge on any atom is -0.497 e. The van der Waals surface area contributed by atoms with Gasteiger partial charge in [0.2, 0.25) is 0 Å². The summed E-state index contributed by atoms with van der Waals surface area (Å²) in [6, 6.07) is 9.96. The molecular formula is C19H18F2N2O3S2. The Bertz CT molecular complexity index is 1030. The van der Waals surface area contributed by atoms with Crippen LogP contribution in [0.4, 0.5) is 14.5 Å². The third-order valence-corrected chi connectivity index (χ3v) is 7.54. The molecule has 0 saturated carbocycles. The van der Waals surface area contributed by atoms with E-state index in [2.05, 4.69) is 4.99 Å². The Morgan fingerprint density at radius 2 is 1.93 bits per heavy atom. The van der Waals surface area contributed by atoms with Crippen LogP contribution >= 0.6 is 11.8 Å². The molecular weight excluding hydrogens is 406 g/mol. The average Bonchev–Trinajstić information content (AvgIpc) is 3.12. The lowest BCUT2D eigenvalue weighted by Gasteiger charge is -2.26. The molecule has 0 aliphatic carbocycles. The molecule has 0 N–H and O–H groups in total. The maximum atomic E-state index is 14.5. The number of fused-ring (bicyclic) bond motifs is 1. The monoisotopic (exact) mass is 424 g/mol. The standard InChI is InChI=1S/C19H18F2N2O3S2/c1-26-14-5-2-12(3-6-14)9-27-19-22-16-10-28(24,25)11-18(16)23(19)17-7-4-13(20)8-15(17)21/h2-8,16,18H,9-11H2,1H3/t16-,18-/m0/s1. The lowest BCUT2D eigenvalue weighted by molar-refractivity contribution is 0.414. The molecule has 148 valence electrons. The molecule has 0 aromatic heterocycles. The molecule has 9 heteroatoms. The van der Waals surface area contributed by atoms with E-state index in [9.17, 15) is 17.2 Å². The molecule has 4 rings (SSSR count). The van der Waals surface area contributed by atoms with Crippen molar-refractivity contribution in [3.63, 3.8) is 0 Å². The van der Waals surface area contributed by atoms with Crippen LogP contribution in [0.5, 0.6) is 5.75 Å². The lowest BCUT2D eigenvalue weighted by Crippen LogP contribution is -2.39. The van der Waals surface area contributed by atoms with Gasteiger partial charge in [0, 0.05) is 11.8 Å². The van der Waals surface area contributed by atoms with Crippen molar-refractivity contribution in [2.75, 3.05) is 23.5 Å². The van der Waals surface area contributed by atoms with Gasteiger partial charge in [0.05, 0.1) is 36.4 Å². The first-order valence-electron chi connectivity index (χ1n) is 8.64. The fraction of sp³-hybridized carbons (Fsp3) is 0.316. The van der Waals surface area contributed by atoms with E-state index in [-0.39, 0.29) is 17.2 Å². The third-order valence-electron chi connectivity index (χ3n) is 4.80. The largest absolute Gasteiger partial charge is 0.497 e. The van der Waals surface area contributed by atoms with Crippen LogP contribution in [0.1, 0.15) is 5.56 Å². The van der Waals surface area contributed by atoms with Crippen LogP contribution in [0.15, 0.2) is 47.5 Å². The Morgan fingerprint density at radius 3 is 2.61 bits per heavy atom. The van der Waals surface area contributed by atoms with Crippen molar-refractivity contribution in [3.05, 3.63) is 59.7 Å². The van der Waals surface area contributed by atoms with Crippen molar-refractivity contribution in [1.29, 1.82) is 0 Å². The van der Waals surface area contributed by atoms with Gasteiger partial charge in [0.25, 0.3) is 0 Å². The molecule has 5 nitrogen and oxygen atoms in total. The number of ether oxygens (including phenoxy) is 1. The highest BCUT2D eigenvalue weighted by Gasteiger charge is 2.47. The van der Waals surface area contributed by atoms with Gasteiger partial charge in [-0.15, -0.1) is 0 Å². The van der Waals surface area contributed by atoms with Crippen molar-refractivity contribution in [2.24, 2.45) is 4.99 Å². The lowest BCUT2D eigenvalue weighted by atomic mass is 10.1. The van der Waals surface area contributed by atoms with Crippen LogP contribution in [-0.4, -0.2) is 44.3 Å². The molecule has 2 aromatic carbocycles. The molecule has 2 aliphatic heterocycles. The summed E-state index contributed by atoms with van der Waals surface area (Å²) in [7, 11) is -1.64. The summed E-state index contributed by atoms with van der Waals surface area (Å²) >= 11 is 1.40. The summed E-state index contributed by atoms with van der Waals surface area (Å²) in [6.07, 6.45) is 0. The number of anilines is 1. The van der Waals surface area contributed by atoms with E-state index in [1.54, 1.807) is 12.0 Å². The fourth-order valence-corrected chi connectivity index (χ4v) is 6.38. The highest BCUT2D eigenvalue weighted by Crippen LogP contribution is 2.37. The molecule has 0 unspecified atom stereocenters. The van der Waals surface area contributed by atoms with Gasteiger partial charge in [-0.2, -0.15) is 0 Å². The van der Waals surface area contributed by atoms with Crippen molar-refractivity contribution < 1.29 is 21.9 Å². The number of hydrogen-bond acceptors (Lipinski definition) is 6. The van der Waals surface area contributed by atoms with Gasteiger partial charge >= 0.3 is 0 Å². The second kappa shape index (κ2) is 7.36. The molecule has 2 aliphatic rings. The number of nitrogens with zero attached hydrogens (tertiary/aromatic N) is 2. The number of aliphatic imine (C=N–C) groups is 1. The number of rotatable bonds is 4. The van der Waals surface area contributed by atoms with Crippen LogP contribution in [0.3, 0.4) is 0 Å². The molecule has 0 radical (unpaired) electrons. The number of halogens is 2. The second-order valence-corrected chi connectivity index (χ2v) is 9.82. The molecule has 2 heterocycles. The van der Waals surface area contributed by atoms with E-state index in [4.69, 9.17) is 4.74 Å². The molecule has 0 amide bonds. The predicted octanol–water partition coefficient (Wildman–Crippen LogP) is 3.25.